The maximum atomic E-state index is 11.8. The van der Waals surface area contributed by atoms with Gasteiger partial charge in [-0.15, -0.1) is 0 Å². The first-order valence-electron chi connectivity index (χ1n) is 6.88. The zero-order chi connectivity index (χ0) is 16.9. The number of benzene rings is 1. The quantitative estimate of drug-likeness (QED) is 0.361. The number of rotatable bonds is 5. The molecule has 0 amide bonds. The molecule has 118 valence electrons. The van der Waals surface area contributed by atoms with Crippen molar-refractivity contribution in [2.24, 2.45) is 0 Å². The lowest BCUT2D eigenvalue weighted by molar-refractivity contribution is -0.132. The molecule has 0 fully saturated rings. The van der Waals surface area contributed by atoms with Gasteiger partial charge in [0, 0.05) is 19.9 Å². The number of allylic oxidation sites excluding steroid dienone is 2. The van der Waals surface area contributed by atoms with Crippen molar-refractivity contribution in [3.63, 3.8) is 0 Å². The van der Waals surface area contributed by atoms with E-state index in [0.717, 1.165) is 5.57 Å². The van der Waals surface area contributed by atoms with Gasteiger partial charge >= 0.3 is 11.9 Å². The van der Waals surface area contributed by atoms with Crippen LogP contribution >= 0.6 is 0 Å². The topological polar surface area (TPSA) is 69.7 Å². The fourth-order valence-corrected chi connectivity index (χ4v) is 1.84. The van der Waals surface area contributed by atoms with Crippen LogP contribution in [0.4, 0.5) is 0 Å². The van der Waals surface area contributed by atoms with E-state index < -0.39 is 11.9 Å². The highest BCUT2D eigenvalue weighted by Gasteiger charge is 2.17. The normalized spacial score (nSPS) is 9.86. The Morgan fingerprint density at radius 3 is 1.91 bits per heavy atom. The number of ketones is 1. The molecule has 0 saturated carbocycles. The SMILES string of the molecule is CC(=O)Oc1cc(OC(C)=O)c(C(C)=O)cc1CC=C(C)C. The second kappa shape index (κ2) is 7.54. The van der Waals surface area contributed by atoms with Gasteiger partial charge in [0.2, 0.25) is 0 Å². The molecule has 0 aliphatic carbocycles. The van der Waals surface area contributed by atoms with Crippen LogP contribution in [-0.4, -0.2) is 17.7 Å². The highest BCUT2D eigenvalue weighted by molar-refractivity contribution is 5.98. The predicted octanol–water partition coefficient (Wildman–Crippen LogP) is 3.25. The molecule has 0 radical (unpaired) electrons. The van der Waals surface area contributed by atoms with Crippen molar-refractivity contribution in [3.8, 4) is 11.5 Å². The van der Waals surface area contributed by atoms with E-state index in [4.69, 9.17) is 9.47 Å². The van der Waals surface area contributed by atoms with Crippen LogP contribution in [0.15, 0.2) is 23.8 Å². The van der Waals surface area contributed by atoms with Crippen molar-refractivity contribution < 1.29 is 23.9 Å². The highest BCUT2D eigenvalue weighted by atomic mass is 16.5. The Kier molecular flexibility index (Phi) is 6.04. The standard InChI is InChI=1S/C17H20O5/c1-10(2)6-7-14-8-15(11(3)18)17(22-13(5)20)9-16(14)21-12(4)19/h6,8-9H,7H2,1-5H3. The van der Waals surface area contributed by atoms with E-state index in [1.54, 1.807) is 6.07 Å². The lowest BCUT2D eigenvalue weighted by atomic mass is 10.0. The smallest absolute Gasteiger partial charge is 0.308 e. The number of hydrogen-bond donors (Lipinski definition) is 0. The molecule has 0 saturated heterocycles. The Hall–Kier alpha value is -2.43. The molecular weight excluding hydrogens is 284 g/mol. The summed E-state index contributed by atoms with van der Waals surface area (Å²) >= 11 is 0. The van der Waals surface area contributed by atoms with E-state index in [-0.39, 0.29) is 22.8 Å². The first kappa shape index (κ1) is 17.6. The van der Waals surface area contributed by atoms with Crippen molar-refractivity contribution in [3.05, 3.63) is 34.9 Å². The molecular formula is C17H20O5. The molecule has 0 bridgehead atoms. The van der Waals surface area contributed by atoms with Crippen molar-refractivity contribution in [1.82, 2.24) is 0 Å². The van der Waals surface area contributed by atoms with Gasteiger partial charge in [0.1, 0.15) is 11.5 Å². The van der Waals surface area contributed by atoms with E-state index >= 15 is 0 Å². The molecule has 5 nitrogen and oxygen atoms in total. The maximum absolute atomic E-state index is 11.8. The molecule has 0 aliphatic rings. The first-order chi connectivity index (χ1) is 10.2. The summed E-state index contributed by atoms with van der Waals surface area (Å²) in [6.07, 6.45) is 2.46. The average Bonchev–Trinajstić information content (AvgIpc) is 2.35. The minimum Gasteiger partial charge on any atom is -0.426 e. The van der Waals surface area contributed by atoms with Gasteiger partial charge in [0.15, 0.2) is 5.78 Å². The third-order valence-corrected chi connectivity index (χ3v) is 2.78. The van der Waals surface area contributed by atoms with E-state index in [2.05, 4.69) is 0 Å². The van der Waals surface area contributed by atoms with E-state index in [1.165, 1.54) is 26.8 Å². The summed E-state index contributed by atoms with van der Waals surface area (Å²) in [4.78, 5) is 34.2. The summed E-state index contributed by atoms with van der Waals surface area (Å²) in [5.41, 5.74) is 2.06. The zero-order valence-electron chi connectivity index (χ0n) is 13.5. The van der Waals surface area contributed by atoms with Crippen LogP contribution in [0.5, 0.6) is 11.5 Å². The molecule has 1 aromatic carbocycles. The molecule has 1 rings (SSSR count). The van der Waals surface area contributed by atoms with Crippen molar-refractivity contribution in [2.75, 3.05) is 0 Å². The molecule has 0 atom stereocenters. The lowest BCUT2D eigenvalue weighted by Gasteiger charge is -2.13. The molecule has 0 spiro atoms. The zero-order valence-corrected chi connectivity index (χ0v) is 13.5. The van der Waals surface area contributed by atoms with Gasteiger partial charge in [-0.2, -0.15) is 0 Å². The van der Waals surface area contributed by atoms with Gasteiger partial charge < -0.3 is 9.47 Å². The number of ether oxygens (including phenoxy) is 2. The Bertz CT molecular complexity index is 637. The van der Waals surface area contributed by atoms with Crippen LogP contribution in [0.1, 0.15) is 50.5 Å². The molecule has 5 heteroatoms. The summed E-state index contributed by atoms with van der Waals surface area (Å²) in [5, 5.41) is 0. The minimum atomic E-state index is -0.548. The Balaban J connectivity index is 3.42. The Labute approximate surface area is 129 Å². The van der Waals surface area contributed by atoms with Crippen LogP contribution in [-0.2, 0) is 16.0 Å². The fraction of sp³-hybridized carbons (Fsp3) is 0.353. The number of carbonyl (C=O) groups excluding carboxylic acids is 3. The highest BCUT2D eigenvalue weighted by Crippen LogP contribution is 2.31. The number of esters is 2. The third-order valence-electron chi connectivity index (χ3n) is 2.78. The van der Waals surface area contributed by atoms with Gasteiger partial charge in [-0.3, -0.25) is 14.4 Å². The molecule has 1 aromatic rings. The van der Waals surface area contributed by atoms with Gasteiger partial charge in [-0.25, -0.2) is 0 Å². The molecule has 0 unspecified atom stereocenters. The Morgan fingerprint density at radius 2 is 1.45 bits per heavy atom. The van der Waals surface area contributed by atoms with E-state index in [9.17, 15) is 14.4 Å². The van der Waals surface area contributed by atoms with Crippen LogP contribution in [0, 0.1) is 0 Å². The van der Waals surface area contributed by atoms with Gasteiger partial charge in [0.05, 0.1) is 5.56 Å². The number of carbonyl (C=O) groups is 3. The van der Waals surface area contributed by atoms with Crippen LogP contribution in [0.2, 0.25) is 0 Å². The number of Topliss-reactive ketones (excluding diaryl/α,β-unsaturated/α-hetero) is 1. The first-order valence-corrected chi connectivity index (χ1v) is 6.88. The maximum Gasteiger partial charge on any atom is 0.308 e. The van der Waals surface area contributed by atoms with Gasteiger partial charge in [-0.05, 0) is 38.8 Å². The summed E-state index contributed by atoms with van der Waals surface area (Å²) in [6.45, 7) is 7.81. The fourth-order valence-electron chi connectivity index (χ4n) is 1.84. The average molecular weight is 304 g/mol. The summed E-state index contributed by atoms with van der Waals surface area (Å²) in [6, 6.07) is 3.01. The summed E-state index contributed by atoms with van der Waals surface area (Å²) in [7, 11) is 0. The largest absolute Gasteiger partial charge is 0.426 e. The Morgan fingerprint density at radius 1 is 0.909 bits per heavy atom. The van der Waals surface area contributed by atoms with Crippen molar-refractivity contribution in [1.29, 1.82) is 0 Å². The van der Waals surface area contributed by atoms with E-state index in [1.807, 2.05) is 19.9 Å². The predicted molar refractivity (Wildman–Crippen MR) is 82.2 cm³/mol. The summed E-state index contributed by atoms with van der Waals surface area (Å²) in [5.74, 6) is -0.886. The van der Waals surface area contributed by atoms with Crippen molar-refractivity contribution in [2.45, 2.75) is 41.0 Å². The second-order valence-corrected chi connectivity index (χ2v) is 5.19. The second-order valence-electron chi connectivity index (χ2n) is 5.19. The van der Waals surface area contributed by atoms with E-state index in [0.29, 0.717) is 12.0 Å². The molecule has 0 aliphatic heterocycles. The monoisotopic (exact) mass is 304 g/mol. The van der Waals surface area contributed by atoms with Crippen LogP contribution < -0.4 is 9.47 Å². The number of hydrogen-bond acceptors (Lipinski definition) is 5. The molecule has 0 aromatic heterocycles. The van der Waals surface area contributed by atoms with Crippen molar-refractivity contribution >= 4 is 17.7 Å². The third kappa shape index (κ3) is 5.16. The minimum absolute atomic E-state index is 0.0946. The molecule has 22 heavy (non-hydrogen) atoms. The summed E-state index contributed by atoms with van der Waals surface area (Å²) < 4.78 is 10.2. The van der Waals surface area contributed by atoms with Crippen LogP contribution in [0.25, 0.3) is 0 Å². The van der Waals surface area contributed by atoms with Gasteiger partial charge in [-0.1, -0.05) is 11.6 Å². The van der Waals surface area contributed by atoms with Crippen LogP contribution in [0.3, 0.4) is 0 Å². The molecule has 0 heterocycles. The van der Waals surface area contributed by atoms with Gasteiger partial charge in [0.25, 0.3) is 0 Å². The lowest BCUT2D eigenvalue weighted by Crippen LogP contribution is -2.10. The molecule has 0 N–H and O–H groups in total.